The molecule has 184 valence electrons. The molecule has 2 fully saturated rings. The van der Waals surface area contributed by atoms with Crippen molar-refractivity contribution in [3.8, 4) is 0 Å². The summed E-state index contributed by atoms with van der Waals surface area (Å²) in [7, 11) is -7.58. The number of ether oxygens (including phenoxy) is 2. The summed E-state index contributed by atoms with van der Waals surface area (Å²) in [5.41, 5.74) is 0. The molecule has 2 aromatic rings. The number of halogens is 1. The van der Waals surface area contributed by atoms with E-state index < -0.39 is 20.0 Å². The normalized spacial score (nSPS) is 16.6. The number of hydrogen-bond donors (Lipinski definition) is 3. The minimum Gasteiger partial charge on any atom is -0.379 e. The lowest BCUT2D eigenvalue weighted by Gasteiger charge is -2.27. The predicted octanol–water partition coefficient (Wildman–Crippen LogP) is -1.66. The van der Waals surface area contributed by atoms with Crippen molar-refractivity contribution in [3.05, 3.63) is 29.9 Å². The number of anilines is 1. The van der Waals surface area contributed by atoms with Crippen LogP contribution in [-0.2, 0) is 29.5 Å². The van der Waals surface area contributed by atoms with Gasteiger partial charge in [-0.3, -0.25) is 9.97 Å². The van der Waals surface area contributed by atoms with Crippen LogP contribution in [0.5, 0.6) is 0 Å². The average molecular weight is 525 g/mol. The quantitative estimate of drug-likeness (QED) is 0.412. The van der Waals surface area contributed by atoms with Crippen molar-refractivity contribution in [2.75, 3.05) is 57.5 Å². The van der Waals surface area contributed by atoms with E-state index in [1.807, 2.05) is 4.90 Å². The Balaban J connectivity index is 0.000000195. The Bertz CT molecular complexity index is 1080. The zero-order chi connectivity index (χ0) is 24.3. The fourth-order valence-electron chi connectivity index (χ4n) is 2.40. The lowest BCUT2D eigenvalue weighted by atomic mass is 10.4. The topological polar surface area (TPSA) is 206 Å². The van der Waals surface area contributed by atoms with Gasteiger partial charge in [0.1, 0.15) is 11.0 Å². The molecule has 2 saturated heterocycles. The van der Waals surface area contributed by atoms with E-state index in [4.69, 9.17) is 31.4 Å². The summed E-state index contributed by atoms with van der Waals surface area (Å²) in [5.74, 6) is 0.509. The van der Waals surface area contributed by atoms with Gasteiger partial charge in [-0.05, 0) is 0 Å². The van der Waals surface area contributed by atoms with Gasteiger partial charge >= 0.3 is 0 Å². The number of sulfonamides is 2. The molecule has 0 aliphatic carbocycles. The Morgan fingerprint density at radius 3 is 1.76 bits per heavy atom. The van der Waals surface area contributed by atoms with E-state index in [1.54, 1.807) is 0 Å². The smallest absolute Gasteiger partial charge is 0.257 e. The maximum atomic E-state index is 11.1. The van der Waals surface area contributed by atoms with Crippen molar-refractivity contribution in [1.82, 2.24) is 25.3 Å². The highest BCUT2D eigenvalue weighted by atomic mass is 35.5. The van der Waals surface area contributed by atoms with Gasteiger partial charge in [0.2, 0.25) is 0 Å². The SMILES string of the molecule is C1COCCN1.NS(=O)(=O)c1cncc(Cl)n1.NS(=O)(=O)c1cncc(N2CCOCC2)n1. The summed E-state index contributed by atoms with van der Waals surface area (Å²) >= 11 is 5.36. The minimum absolute atomic E-state index is 0.00322. The molecule has 17 heteroatoms. The van der Waals surface area contributed by atoms with Crippen molar-refractivity contribution in [1.29, 1.82) is 0 Å². The van der Waals surface area contributed by atoms with Crippen LogP contribution >= 0.6 is 11.6 Å². The number of morpholine rings is 2. The second-order valence-corrected chi connectivity index (χ2v) is 9.85. The zero-order valence-corrected chi connectivity index (χ0v) is 19.9. The molecule has 2 aliphatic rings. The largest absolute Gasteiger partial charge is 0.379 e. The minimum atomic E-state index is -3.80. The van der Waals surface area contributed by atoms with Crippen LogP contribution in [0.3, 0.4) is 0 Å². The molecule has 0 amide bonds. The van der Waals surface area contributed by atoms with E-state index in [2.05, 4.69) is 25.3 Å². The summed E-state index contributed by atoms with van der Waals surface area (Å²) < 4.78 is 53.6. The standard InChI is InChI=1S/C8H12N4O3S.C4H4ClN3O2S.C4H9NO/c9-16(13,14)8-6-10-5-7(11-8)12-1-3-15-4-2-12;5-3-1-7-2-4(8-3)11(6,9)10;1-3-6-4-2-5-1/h5-6H,1-4H2,(H2,9,13,14);1-2H,(H2,6,9,10);5H,1-4H2. The van der Waals surface area contributed by atoms with Crippen molar-refractivity contribution in [2.24, 2.45) is 10.3 Å². The molecule has 5 N–H and O–H groups in total. The Hall–Kier alpha value is -2.05. The zero-order valence-electron chi connectivity index (χ0n) is 17.5. The van der Waals surface area contributed by atoms with Crippen LogP contribution in [0.1, 0.15) is 0 Å². The van der Waals surface area contributed by atoms with Gasteiger partial charge in [0.25, 0.3) is 20.0 Å². The number of rotatable bonds is 3. The van der Waals surface area contributed by atoms with Gasteiger partial charge in [0.05, 0.1) is 51.2 Å². The van der Waals surface area contributed by atoms with E-state index in [0.29, 0.717) is 32.1 Å². The number of hydrogen-bond acceptors (Lipinski definition) is 12. The van der Waals surface area contributed by atoms with Crippen molar-refractivity contribution in [3.63, 3.8) is 0 Å². The molecular weight excluding hydrogens is 500 g/mol. The van der Waals surface area contributed by atoms with Crippen LogP contribution in [-0.4, -0.2) is 89.4 Å². The Morgan fingerprint density at radius 2 is 1.33 bits per heavy atom. The molecule has 14 nitrogen and oxygen atoms in total. The number of nitrogens with zero attached hydrogens (tertiary/aromatic N) is 5. The summed E-state index contributed by atoms with van der Waals surface area (Å²) in [6, 6.07) is 0. The molecule has 0 aromatic carbocycles. The fourth-order valence-corrected chi connectivity index (χ4v) is 3.46. The third-order valence-electron chi connectivity index (χ3n) is 3.95. The summed E-state index contributed by atoms with van der Waals surface area (Å²) in [6.45, 7) is 6.37. The Morgan fingerprint density at radius 1 is 0.818 bits per heavy atom. The third-order valence-corrected chi connectivity index (χ3v) is 5.69. The van der Waals surface area contributed by atoms with Gasteiger partial charge in [0, 0.05) is 26.2 Å². The first-order valence-corrected chi connectivity index (χ1v) is 13.0. The van der Waals surface area contributed by atoms with Gasteiger partial charge in [-0.25, -0.2) is 37.1 Å². The number of aromatic nitrogens is 4. The van der Waals surface area contributed by atoms with Crippen LogP contribution in [0, 0.1) is 0 Å². The highest BCUT2D eigenvalue weighted by Gasteiger charge is 2.16. The first kappa shape index (κ1) is 27.2. The van der Waals surface area contributed by atoms with Crippen molar-refractivity contribution >= 4 is 37.5 Å². The first-order valence-electron chi connectivity index (χ1n) is 9.54. The highest BCUT2D eigenvalue weighted by molar-refractivity contribution is 7.89. The molecule has 4 heterocycles. The van der Waals surface area contributed by atoms with E-state index in [-0.39, 0.29) is 15.2 Å². The van der Waals surface area contributed by atoms with Gasteiger partial charge in [0.15, 0.2) is 10.1 Å². The van der Waals surface area contributed by atoms with Gasteiger partial charge in [-0.1, -0.05) is 11.6 Å². The van der Waals surface area contributed by atoms with Crippen LogP contribution in [0.2, 0.25) is 5.15 Å². The van der Waals surface area contributed by atoms with E-state index in [0.717, 1.165) is 38.7 Å². The van der Waals surface area contributed by atoms with Crippen LogP contribution < -0.4 is 20.5 Å². The van der Waals surface area contributed by atoms with E-state index in [1.165, 1.54) is 12.4 Å². The molecule has 2 aromatic heterocycles. The molecular formula is C16H25ClN8O6S2. The van der Waals surface area contributed by atoms with Gasteiger partial charge < -0.3 is 19.7 Å². The lowest BCUT2D eigenvalue weighted by Crippen LogP contribution is -2.37. The summed E-state index contributed by atoms with van der Waals surface area (Å²) in [6.07, 6.45) is 4.90. The molecule has 0 saturated carbocycles. The second kappa shape index (κ2) is 13.0. The molecule has 33 heavy (non-hydrogen) atoms. The first-order chi connectivity index (χ1) is 15.6. The highest BCUT2D eigenvalue weighted by Crippen LogP contribution is 2.13. The maximum Gasteiger partial charge on any atom is 0.257 e. The monoisotopic (exact) mass is 524 g/mol. The molecule has 4 rings (SSSR count). The van der Waals surface area contributed by atoms with Crippen LogP contribution in [0.25, 0.3) is 0 Å². The summed E-state index contributed by atoms with van der Waals surface area (Å²) in [5, 5.41) is 12.3. The molecule has 0 atom stereocenters. The van der Waals surface area contributed by atoms with Gasteiger partial charge in [-0.2, -0.15) is 0 Å². The molecule has 0 unspecified atom stereocenters. The van der Waals surface area contributed by atoms with Crippen molar-refractivity contribution < 1.29 is 26.3 Å². The third kappa shape index (κ3) is 10.2. The number of nitrogens with one attached hydrogen (secondary N) is 1. The van der Waals surface area contributed by atoms with Crippen LogP contribution in [0.15, 0.2) is 34.8 Å². The molecule has 0 spiro atoms. The van der Waals surface area contributed by atoms with Gasteiger partial charge in [-0.15, -0.1) is 0 Å². The summed E-state index contributed by atoms with van der Waals surface area (Å²) in [4.78, 5) is 16.6. The Labute approximate surface area is 196 Å². The number of primary sulfonamides is 2. The Kier molecular flexibility index (Phi) is 10.7. The predicted molar refractivity (Wildman–Crippen MR) is 119 cm³/mol. The van der Waals surface area contributed by atoms with Crippen LogP contribution in [0.4, 0.5) is 5.82 Å². The second-order valence-electron chi connectivity index (χ2n) is 6.45. The maximum absolute atomic E-state index is 11.1. The van der Waals surface area contributed by atoms with E-state index in [9.17, 15) is 16.8 Å². The van der Waals surface area contributed by atoms with E-state index >= 15 is 0 Å². The molecule has 0 radical (unpaired) electrons. The average Bonchev–Trinajstić information content (AvgIpc) is 2.81. The van der Waals surface area contributed by atoms with Crippen molar-refractivity contribution in [2.45, 2.75) is 10.1 Å². The number of nitrogens with two attached hydrogens (primary N) is 2. The molecule has 0 bridgehead atoms. The lowest BCUT2D eigenvalue weighted by molar-refractivity contribution is 0.109. The fraction of sp³-hybridized carbons (Fsp3) is 0.500. The molecule has 2 aliphatic heterocycles.